The monoisotopic (exact) mass is 352 g/mol. The largest absolute Gasteiger partial charge is 0.454 e. The standard InChI is InChI=1S/C23H25FO2/c1-2-22(25)18-9-12-23(21(24)14-18)26-19-10-7-17(8-11-19)20-13-15-3-5-16(20)6-4-15/h7-12,14-16,20H,2-6,13H2,1H3. The number of hydrogen-bond acceptors (Lipinski definition) is 2. The van der Waals surface area contributed by atoms with Crippen molar-refractivity contribution in [1.82, 2.24) is 0 Å². The van der Waals surface area contributed by atoms with Gasteiger partial charge in [0.05, 0.1) is 0 Å². The molecule has 0 aliphatic heterocycles. The van der Waals surface area contributed by atoms with Gasteiger partial charge in [0.25, 0.3) is 0 Å². The number of carbonyl (C=O) groups is 1. The number of carbonyl (C=O) groups excluding carboxylic acids is 1. The molecule has 0 N–H and O–H groups in total. The molecule has 3 aliphatic rings. The van der Waals surface area contributed by atoms with E-state index in [4.69, 9.17) is 4.74 Å². The molecule has 136 valence electrons. The van der Waals surface area contributed by atoms with E-state index < -0.39 is 5.82 Å². The average Bonchev–Trinajstić information content (AvgIpc) is 2.70. The minimum absolute atomic E-state index is 0.0680. The maximum absolute atomic E-state index is 14.2. The van der Waals surface area contributed by atoms with Crippen LogP contribution >= 0.6 is 0 Å². The predicted octanol–water partition coefficient (Wildman–Crippen LogP) is 6.50. The van der Waals surface area contributed by atoms with Gasteiger partial charge >= 0.3 is 0 Å². The van der Waals surface area contributed by atoms with E-state index in [9.17, 15) is 9.18 Å². The van der Waals surface area contributed by atoms with Gasteiger partial charge in [-0.25, -0.2) is 4.39 Å². The molecule has 1 atom stereocenters. The van der Waals surface area contributed by atoms with Crippen LogP contribution in [-0.2, 0) is 0 Å². The summed E-state index contributed by atoms with van der Waals surface area (Å²) in [5.41, 5.74) is 1.77. The number of hydrogen-bond donors (Lipinski definition) is 0. The second-order valence-electron chi connectivity index (χ2n) is 7.72. The van der Waals surface area contributed by atoms with Crippen molar-refractivity contribution in [2.45, 2.75) is 51.4 Å². The normalized spacial score (nSPS) is 24.5. The first-order valence-electron chi connectivity index (χ1n) is 9.74. The van der Waals surface area contributed by atoms with Crippen LogP contribution in [0.4, 0.5) is 4.39 Å². The van der Waals surface area contributed by atoms with Crippen LogP contribution in [-0.4, -0.2) is 5.78 Å². The molecule has 2 nitrogen and oxygen atoms in total. The van der Waals surface area contributed by atoms with Crippen molar-refractivity contribution in [2.24, 2.45) is 11.8 Å². The van der Waals surface area contributed by atoms with Crippen molar-refractivity contribution >= 4 is 5.78 Å². The van der Waals surface area contributed by atoms with Gasteiger partial charge in [0.15, 0.2) is 17.3 Å². The van der Waals surface area contributed by atoms with Crippen LogP contribution in [0.25, 0.3) is 0 Å². The van der Waals surface area contributed by atoms with Crippen molar-refractivity contribution in [3.8, 4) is 11.5 Å². The lowest BCUT2D eigenvalue weighted by atomic mass is 9.63. The van der Waals surface area contributed by atoms with E-state index in [1.54, 1.807) is 13.0 Å². The Morgan fingerprint density at radius 3 is 2.38 bits per heavy atom. The highest BCUT2D eigenvalue weighted by molar-refractivity contribution is 5.95. The van der Waals surface area contributed by atoms with Crippen LogP contribution in [0.3, 0.4) is 0 Å². The predicted molar refractivity (Wildman–Crippen MR) is 100 cm³/mol. The van der Waals surface area contributed by atoms with Crippen molar-refractivity contribution in [3.63, 3.8) is 0 Å². The number of halogens is 1. The lowest BCUT2D eigenvalue weighted by Gasteiger charge is -2.42. The first-order valence-corrected chi connectivity index (χ1v) is 9.74. The van der Waals surface area contributed by atoms with Gasteiger partial charge in [-0.1, -0.05) is 31.9 Å². The van der Waals surface area contributed by atoms with Gasteiger partial charge < -0.3 is 4.74 Å². The van der Waals surface area contributed by atoms with E-state index in [1.807, 2.05) is 12.1 Å². The molecular weight excluding hydrogens is 327 g/mol. The van der Waals surface area contributed by atoms with Gasteiger partial charge in [0, 0.05) is 12.0 Å². The fourth-order valence-electron chi connectivity index (χ4n) is 4.66. The van der Waals surface area contributed by atoms with E-state index >= 15 is 0 Å². The molecule has 26 heavy (non-hydrogen) atoms. The summed E-state index contributed by atoms with van der Waals surface area (Å²) in [4.78, 5) is 11.7. The average molecular weight is 352 g/mol. The molecule has 0 spiro atoms. The number of ether oxygens (including phenoxy) is 1. The maximum Gasteiger partial charge on any atom is 0.166 e. The third kappa shape index (κ3) is 3.40. The van der Waals surface area contributed by atoms with Crippen molar-refractivity contribution in [1.29, 1.82) is 0 Å². The van der Waals surface area contributed by atoms with Crippen LogP contribution < -0.4 is 4.74 Å². The van der Waals surface area contributed by atoms with Gasteiger partial charge in [-0.3, -0.25) is 4.79 Å². The lowest BCUT2D eigenvalue weighted by Crippen LogP contribution is -2.29. The highest BCUT2D eigenvalue weighted by atomic mass is 19.1. The molecule has 0 radical (unpaired) electrons. The SMILES string of the molecule is CCC(=O)c1ccc(Oc2ccc(C3CC4CCC3CC4)cc2)c(F)c1. The summed E-state index contributed by atoms with van der Waals surface area (Å²) in [6.45, 7) is 1.77. The molecule has 0 aromatic heterocycles. The van der Waals surface area contributed by atoms with Gasteiger partial charge in [0.2, 0.25) is 0 Å². The molecule has 2 bridgehead atoms. The Labute approximate surface area is 154 Å². The summed E-state index contributed by atoms with van der Waals surface area (Å²) in [5.74, 6) is 2.62. The molecule has 3 heteroatoms. The molecule has 0 heterocycles. The van der Waals surface area contributed by atoms with E-state index in [0.29, 0.717) is 23.7 Å². The molecule has 5 rings (SSSR count). The summed E-state index contributed by atoms with van der Waals surface area (Å²) < 4.78 is 19.9. The Kier molecular flexibility index (Phi) is 4.80. The molecule has 3 aliphatic carbocycles. The summed E-state index contributed by atoms with van der Waals surface area (Å²) in [6.07, 6.45) is 7.20. The number of Topliss-reactive ketones (excluding diaryl/α,β-unsaturated/α-hetero) is 1. The first-order chi connectivity index (χ1) is 12.6. The summed E-state index contributed by atoms with van der Waals surface area (Å²) >= 11 is 0. The third-order valence-corrected chi connectivity index (χ3v) is 6.16. The highest BCUT2D eigenvalue weighted by Gasteiger charge is 2.36. The Balaban J connectivity index is 1.47. The van der Waals surface area contributed by atoms with Crippen molar-refractivity contribution < 1.29 is 13.9 Å². The molecule has 3 saturated carbocycles. The second kappa shape index (κ2) is 7.22. The Bertz CT molecular complexity index is 788. The van der Waals surface area contributed by atoms with Crippen molar-refractivity contribution in [2.75, 3.05) is 0 Å². The van der Waals surface area contributed by atoms with Gasteiger partial charge in [-0.2, -0.15) is 0 Å². The molecule has 0 amide bonds. The highest BCUT2D eigenvalue weighted by Crippen LogP contribution is 2.49. The topological polar surface area (TPSA) is 26.3 Å². The third-order valence-electron chi connectivity index (χ3n) is 6.16. The van der Waals surface area contributed by atoms with Crippen LogP contribution in [0.5, 0.6) is 11.5 Å². The van der Waals surface area contributed by atoms with Gasteiger partial charge in [-0.05, 0) is 72.9 Å². The zero-order chi connectivity index (χ0) is 18.1. The number of ketones is 1. The smallest absolute Gasteiger partial charge is 0.166 e. The zero-order valence-electron chi connectivity index (χ0n) is 15.2. The Morgan fingerprint density at radius 2 is 1.81 bits per heavy atom. The number of rotatable bonds is 5. The molecule has 3 fully saturated rings. The molecule has 1 unspecified atom stereocenters. The number of benzene rings is 2. The zero-order valence-corrected chi connectivity index (χ0v) is 15.2. The van der Waals surface area contributed by atoms with Crippen molar-refractivity contribution in [3.05, 3.63) is 59.4 Å². The van der Waals surface area contributed by atoms with Crippen LogP contribution in [0.1, 0.15) is 67.3 Å². The van der Waals surface area contributed by atoms with E-state index in [1.165, 1.54) is 49.8 Å². The van der Waals surface area contributed by atoms with E-state index in [0.717, 1.165) is 11.8 Å². The number of fused-ring (bicyclic) bond motifs is 3. The summed E-state index contributed by atoms with van der Waals surface area (Å²) in [7, 11) is 0. The summed E-state index contributed by atoms with van der Waals surface area (Å²) in [5, 5.41) is 0. The minimum atomic E-state index is -0.502. The lowest BCUT2D eigenvalue weighted by molar-refractivity contribution is 0.0987. The van der Waals surface area contributed by atoms with Crippen LogP contribution in [0.15, 0.2) is 42.5 Å². The van der Waals surface area contributed by atoms with Crippen LogP contribution in [0, 0.1) is 17.7 Å². The van der Waals surface area contributed by atoms with Gasteiger partial charge in [-0.15, -0.1) is 0 Å². The fraction of sp³-hybridized carbons (Fsp3) is 0.435. The maximum atomic E-state index is 14.2. The van der Waals surface area contributed by atoms with Gasteiger partial charge in [0.1, 0.15) is 5.75 Å². The minimum Gasteiger partial charge on any atom is -0.454 e. The summed E-state index contributed by atoms with van der Waals surface area (Å²) in [6, 6.07) is 12.5. The molecular formula is C23H25FO2. The molecule has 0 saturated heterocycles. The van der Waals surface area contributed by atoms with E-state index in [-0.39, 0.29) is 11.5 Å². The molecule has 2 aromatic rings. The Morgan fingerprint density at radius 1 is 1.08 bits per heavy atom. The first kappa shape index (κ1) is 17.3. The second-order valence-corrected chi connectivity index (χ2v) is 7.72. The quantitative estimate of drug-likeness (QED) is 0.574. The van der Waals surface area contributed by atoms with Crippen LogP contribution in [0.2, 0.25) is 0 Å². The van der Waals surface area contributed by atoms with E-state index in [2.05, 4.69) is 12.1 Å². The Hall–Kier alpha value is -2.16. The molecule has 2 aromatic carbocycles. The fourth-order valence-corrected chi connectivity index (χ4v) is 4.66.